The van der Waals surface area contributed by atoms with Gasteiger partial charge >= 0.3 is 5.69 Å². The van der Waals surface area contributed by atoms with Gasteiger partial charge in [-0.2, -0.15) is 8.76 Å². The minimum absolute atomic E-state index is 0.0759. The van der Waals surface area contributed by atoms with Gasteiger partial charge < -0.3 is 4.74 Å². The number of aliphatic imine (C=N–C) groups is 1. The van der Waals surface area contributed by atoms with Crippen LogP contribution in [0.1, 0.15) is 19.5 Å². The fourth-order valence-corrected chi connectivity index (χ4v) is 3.67. The maximum Gasteiger partial charge on any atom is 0.337 e. The zero-order valence-corrected chi connectivity index (χ0v) is 15.8. The molecule has 9 heteroatoms. The van der Waals surface area contributed by atoms with Crippen LogP contribution in [0.5, 0.6) is 0 Å². The molecule has 2 aromatic heterocycles. The van der Waals surface area contributed by atoms with E-state index in [4.69, 9.17) is 4.74 Å². The lowest BCUT2D eigenvalue weighted by Gasteiger charge is -2.08. The highest BCUT2D eigenvalue weighted by Crippen LogP contribution is 2.28. The summed E-state index contributed by atoms with van der Waals surface area (Å²) in [7, 11) is 1.27. The molecule has 4 rings (SSSR count). The molecule has 1 unspecified atom stereocenters. The Morgan fingerprint density at radius 1 is 1.30 bits per heavy atom. The number of rotatable bonds is 3. The summed E-state index contributed by atoms with van der Waals surface area (Å²) in [5.74, 6) is -0.0612. The van der Waals surface area contributed by atoms with E-state index in [-0.39, 0.29) is 6.04 Å². The maximum absolute atomic E-state index is 13.6. The van der Waals surface area contributed by atoms with E-state index in [9.17, 15) is 14.0 Å². The average Bonchev–Trinajstić information content (AvgIpc) is 3.26. The summed E-state index contributed by atoms with van der Waals surface area (Å²) in [6, 6.07) is 5.96. The predicted molar refractivity (Wildman–Crippen MR) is 102 cm³/mol. The van der Waals surface area contributed by atoms with Gasteiger partial charge in [0.15, 0.2) is 0 Å². The number of aromatic nitrogens is 3. The first-order valence-electron chi connectivity index (χ1n) is 8.46. The average molecular weight is 388 g/mol. The molecule has 3 heterocycles. The molecule has 3 aromatic rings. The Morgan fingerprint density at radius 3 is 2.78 bits per heavy atom. The van der Waals surface area contributed by atoms with Crippen molar-refractivity contribution in [3.8, 4) is 5.69 Å². The van der Waals surface area contributed by atoms with Crippen LogP contribution in [0.4, 0.5) is 4.39 Å². The first-order chi connectivity index (χ1) is 12.9. The number of benzene rings is 1. The molecule has 0 saturated heterocycles. The van der Waals surface area contributed by atoms with Crippen LogP contribution < -0.4 is 11.2 Å². The van der Waals surface area contributed by atoms with Crippen LogP contribution in [0, 0.1) is 11.9 Å². The van der Waals surface area contributed by atoms with Crippen molar-refractivity contribution in [2.24, 2.45) is 18.0 Å². The fraction of sp³-hybridized carbons (Fsp3) is 0.333. The third kappa shape index (κ3) is 2.87. The normalized spacial score (nSPS) is 16.8. The van der Waals surface area contributed by atoms with Gasteiger partial charge in [0.2, 0.25) is 11.8 Å². The Kier molecular flexibility index (Phi) is 4.18. The van der Waals surface area contributed by atoms with Crippen LogP contribution in [-0.2, 0) is 11.8 Å². The highest BCUT2D eigenvalue weighted by Gasteiger charge is 2.26. The van der Waals surface area contributed by atoms with Gasteiger partial charge in [-0.3, -0.25) is 9.36 Å². The highest BCUT2D eigenvalue weighted by atomic mass is 32.1. The van der Waals surface area contributed by atoms with E-state index in [1.54, 1.807) is 18.2 Å². The number of fused-ring (bicyclic) bond motifs is 1. The second kappa shape index (κ2) is 6.41. The Hall–Kier alpha value is -2.81. The lowest BCUT2D eigenvalue weighted by atomic mass is 10.1. The summed E-state index contributed by atoms with van der Waals surface area (Å²) in [5.41, 5.74) is -0.548. The van der Waals surface area contributed by atoms with Gasteiger partial charge in [-0.15, -0.1) is 0 Å². The number of hydrogen-bond acceptors (Lipinski definition) is 6. The second-order valence-electron chi connectivity index (χ2n) is 6.75. The SMILES string of the molecule is CC(C)C1COC(c2nsc3ccc(-n4c(=O)cc(F)n(C)c4=O)cc23)=N1. The van der Waals surface area contributed by atoms with E-state index < -0.39 is 17.2 Å². The van der Waals surface area contributed by atoms with Crippen molar-refractivity contribution in [1.82, 2.24) is 13.5 Å². The van der Waals surface area contributed by atoms with Crippen LogP contribution in [0.3, 0.4) is 0 Å². The quantitative estimate of drug-likeness (QED) is 0.644. The molecule has 27 heavy (non-hydrogen) atoms. The summed E-state index contributed by atoms with van der Waals surface area (Å²) < 4.78 is 26.4. The van der Waals surface area contributed by atoms with Gasteiger partial charge in [-0.05, 0) is 35.6 Å². The topological polar surface area (TPSA) is 78.5 Å². The largest absolute Gasteiger partial charge is 0.474 e. The Bertz CT molecular complexity index is 1190. The molecular formula is C18H17FN4O3S. The third-order valence-electron chi connectivity index (χ3n) is 4.62. The maximum atomic E-state index is 13.6. The van der Waals surface area contributed by atoms with E-state index in [1.165, 1.54) is 18.6 Å². The highest BCUT2D eigenvalue weighted by molar-refractivity contribution is 7.13. The molecule has 1 aliphatic heterocycles. The van der Waals surface area contributed by atoms with E-state index in [0.717, 1.165) is 25.3 Å². The first-order valence-corrected chi connectivity index (χ1v) is 9.23. The van der Waals surface area contributed by atoms with Gasteiger partial charge in [-0.1, -0.05) is 13.8 Å². The Morgan fingerprint density at radius 2 is 2.07 bits per heavy atom. The van der Waals surface area contributed by atoms with Gasteiger partial charge in [0.25, 0.3) is 5.56 Å². The molecule has 140 valence electrons. The number of ether oxygens (including phenoxy) is 1. The van der Waals surface area contributed by atoms with Crippen LogP contribution in [0.25, 0.3) is 15.8 Å². The van der Waals surface area contributed by atoms with Crippen LogP contribution in [-0.4, -0.2) is 32.1 Å². The van der Waals surface area contributed by atoms with E-state index >= 15 is 0 Å². The zero-order chi connectivity index (χ0) is 19.3. The first kappa shape index (κ1) is 17.6. The minimum Gasteiger partial charge on any atom is -0.474 e. The van der Waals surface area contributed by atoms with Crippen LogP contribution >= 0.6 is 11.5 Å². The van der Waals surface area contributed by atoms with Crippen molar-refractivity contribution in [3.63, 3.8) is 0 Å². The third-order valence-corrected chi connectivity index (χ3v) is 5.45. The summed E-state index contributed by atoms with van der Waals surface area (Å²) in [6.07, 6.45) is 0. The number of nitrogens with zero attached hydrogens (tertiary/aromatic N) is 4. The molecule has 0 radical (unpaired) electrons. The standard InChI is InChI=1S/C18H17FN4O3S/c1-9(2)12-8-26-17(20-12)16-11-6-10(4-5-13(11)27-21-16)23-15(24)7-14(19)22(3)18(23)25/h4-7,9,12H,8H2,1-3H3. The summed E-state index contributed by atoms with van der Waals surface area (Å²) in [5, 5.41) is 0.735. The van der Waals surface area contributed by atoms with Gasteiger partial charge in [-0.25, -0.2) is 14.4 Å². The molecule has 0 amide bonds. The van der Waals surface area contributed by atoms with Crippen molar-refractivity contribution in [3.05, 3.63) is 56.7 Å². The Labute approximate surface area is 157 Å². The minimum atomic E-state index is -0.881. The Balaban J connectivity index is 1.88. The lowest BCUT2D eigenvalue weighted by Crippen LogP contribution is -2.38. The summed E-state index contributed by atoms with van der Waals surface area (Å²) >= 11 is 1.29. The molecule has 0 aliphatic carbocycles. The summed E-state index contributed by atoms with van der Waals surface area (Å²) in [4.78, 5) is 29.2. The predicted octanol–water partition coefficient (Wildman–Crippen LogP) is 2.09. The van der Waals surface area contributed by atoms with E-state index in [1.807, 2.05) is 0 Å². The lowest BCUT2D eigenvalue weighted by molar-refractivity contribution is 0.291. The molecule has 0 fully saturated rings. The molecular weight excluding hydrogens is 371 g/mol. The molecule has 1 aromatic carbocycles. The van der Waals surface area contributed by atoms with E-state index in [2.05, 4.69) is 23.2 Å². The van der Waals surface area contributed by atoms with Crippen molar-refractivity contribution >= 4 is 27.5 Å². The molecule has 0 N–H and O–H groups in total. The van der Waals surface area contributed by atoms with E-state index in [0.29, 0.717) is 29.8 Å². The fourth-order valence-electron chi connectivity index (χ4n) is 2.92. The monoisotopic (exact) mass is 388 g/mol. The van der Waals surface area contributed by atoms with Crippen LogP contribution in [0.15, 0.2) is 38.8 Å². The van der Waals surface area contributed by atoms with Crippen LogP contribution in [0.2, 0.25) is 0 Å². The molecule has 1 aliphatic rings. The summed E-state index contributed by atoms with van der Waals surface area (Å²) in [6.45, 7) is 4.66. The van der Waals surface area contributed by atoms with Gasteiger partial charge in [0, 0.05) is 12.4 Å². The second-order valence-corrected chi connectivity index (χ2v) is 7.56. The van der Waals surface area contributed by atoms with Crippen molar-refractivity contribution in [2.45, 2.75) is 19.9 Å². The number of hydrogen-bond donors (Lipinski definition) is 0. The number of halogens is 1. The molecule has 0 bridgehead atoms. The smallest absolute Gasteiger partial charge is 0.337 e. The van der Waals surface area contributed by atoms with Crippen molar-refractivity contribution in [2.75, 3.05) is 6.61 Å². The van der Waals surface area contributed by atoms with Gasteiger partial charge in [0.1, 0.15) is 12.3 Å². The van der Waals surface area contributed by atoms with Gasteiger partial charge in [0.05, 0.1) is 22.5 Å². The zero-order valence-electron chi connectivity index (χ0n) is 15.0. The van der Waals surface area contributed by atoms with Crippen molar-refractivity contribution in [1.29, 1.82) is 0 Å². The molecule has 7 nitrogen and oxygen atoms in total. The molecule has 0 saturated carbocycles. The molecule has 0 spiro atoms. The molecule has 1 atom stereocenters. The van der Waals surface area contributed by atoms with Crippen molar-refractivity contribution < 1.29 is 9.13 Å².